The van der Waals surface area contributed by atoms with Gasteiger partial charge in [-0.2, -0.15) is 0 Å². The average molecular weight is 179 g/mol. The lowest BCUT2D eigenvalue weighted by atomic mass is 9.84. The summed E-state index contributed by atoms with van der Waals surface area (Å²) in [5.41, 5.74) is 2.76. The van der Waals surface area contributed by atoms with Gasteiger partial charge in [-0.1, -0.05) is 20.8 Å². The zero-order valence-corrected chi connectivity index (χ0v) is 8.44. The first-order chi connectivity index (χ1) is 6.09. The smallest absolute Gasteiger partial charge is 0.0659 e. The Morgan fingerprint density at radius 2 is 2.15 bits per heavy atom. The summed E-state index contributed by atoms with van der Waals surface area (Å²) in [6, 6.07) is 2.51. The molecule has 2 rings (SSSR count). The summed E-state index contributed by atoms with van der Waals surface area (Å²) in [5, 5.41) is 6.76. The van der Waals surface area contributed by atoms with Gasteiger partial charge in [0.25, 0.3) is 0 Å². The van der Waals surface area contributed by atoms with Crippen molar-refractivity contribution in [3.05, 3.63) is 18.0 Å². The van der Waals surface area contributed by atoms with Gasteiger partial charge in [0.1, 0.15) is 0 Å². The second kappa shape index (κ2) is 2.77. The molecule has 0 aliphatic carbocycles. The van der Waals surface area contributed by atoms with Crippen LogP contribution in [0.3, 0.4) is 0 Å². The molecule has 3 N–H and O–H groups in total. The van der Waals surface area contributed by atoms with Crippen LogP contribution in [-0.2, 0) is 0 Å². The summed E-state index contributed by atoms with van der Waals surface area (Å²) in [6.07, 6.45) is 1.99. The van der Waals surface area contributed by atoms with Crippen LogP contribution in [0.4, 0.5) is 5.69 Å². The van der Waals surface area contributed by atoms with Gasteiger partial charge in [0.05, 0.1) is 24.1 Å². The maximum Gasteiger partial charge on any atom is 0.0659 e. The van der Waals surface area contributed by atoms with Gasteiger partial charge in [0, 0.05) is 6.20 Å². The molecule has 0 bridgehead atoms. The van der Waals surface area contributed by atoms with Crippen molar-refractivity contribution in [2.24, 2.45) is 5.41 Å². The molecule has 72 valence electrons. The van der Waals surface area contributed by atoms with E-state index in [9.17, 15) is 0 Å². The predicted octanol–water partition coefficient (Wildman–Crippen LogP) is 2.07. The van der Waals surface area contributed by atoms with E-state index in [-0.39, 0.29) is 5.41 Å². The standard InChI is InChI=1S/C10H17N3/c1-10(2,3)9-8-7(4-5-11-8)12-6-13-9/h4-5,9,11-13H,6H2,1-3H3/t9-/m1/s1. The number of H-pyrrole nitrogens is 1. The molecule has 0 saturated carbocycles. The molecule has 0 saturated heterocycles. The largest absolute Gasteiger partial charge is 0.371 e. The van der Waals surface area contributed by atoms with E-state index >= 15 is 0 Å². The minimum absolute atomic E-state index is 0.252. The van der Waals surface area contributed by atoms with Crippen molar-refractivity contribution in [2.45, 2.75) is 26.8 Å². The highest BCUT2D eigenvalue weighted by atomic mass is 15.1. The van der Waals surface area contributed by atoms with Gasteiger partial charge in [-0.15, -0.1) is 0 Å². The fourth-order valence-corrected chi connectivity index (χ4v) is 1.86. The predicted molar refractivity (Wildman–Crippen MR) is 54.6 cm³/mol. The molecular formula is C10H17N3. The Labute approximate surface area is 78.9 Å². The van der Waals surface area contributed by atoms with Crippen LogP contribution in [0.25, 0.3) is 0 Å². The SMILES string of the molecule is CC(C)(C)[C@@H]1NCNc2cc[nH]c21. The van der Waals surface area contributed by atoms with Crippen molar-refractivity contribution in [1.29, 1.82) is 0 Å². The summed E-state index contributed by atoms with van der Waals surface area (Å²) < 4.78 is 0. The highest BCUT2D eigenvalue weighted by Crippen LogP contribution is 2.37. The molecule has 13 heavy (non-hydrogen) atoms. The molecule has 0 radical (unpaired) electrons. The lowest BCUT2D eigenvalue weighted by Gasteiger charge is -2.35. The van der Waals surface area contributed by atoms with Crippen molar-refractivity contribution in [2.75, 3.05) is 12.0 Å². The van der Waals surface area contributed by atoms with E-state index in [2.05, 4.69) is 42.5 Å². The van der Waals surface area contributed by atoms with E-state index in [1.807, 2.05) is 6.20 Å². The molecule has 1 aliphatic rings. The van der Waals surface area contributed by atoms with Crippen LogP contribution in [0.1, 0.15) is 32.5 Å². The topological polar surface area (TPSA) is 39.8 Å². The molecule has 0 unspecified atom stereocenters. The van der Waals surface area contributed by atoms with E-state index in [4.69, 9.17) is 0 Å². The highest BCUT2D eigenvalue weighted by Gasteiger charge is 2.30. The lowest BCUT2D eigenvalue weighted by molar-refractivity contribution is 0.268. The van der Waals surface area contributed by atoms with Crippen LogP contribution >= 0.6 is 0 Å². The molecule has 3 nitrogen and oxygen atoms in total. The molecule has 0 fully saturated rings. The van der Waals surface area contributed by atoms with Gasteiger partial charge in [-0.25, -0.2) is 0 Å². The minimum Gasteiger partial charge on any atom is -0.371 e. The van der Waals surface area contributed by atoms with Crippen LogP contribution in [0.15, 0.2) is 12.3 Å². The third-order valence-corrected chi connectivity index (χ3v) is 2.52. The van der Waals surface area contributed by atoms with E-state index in [1.165, 1.54) is 11.4 Å². The Bertz CT molecular complexity index is 295. The second-order valence-corrected chi connectivity index (χ2v) is 4.66. The van der Waals surface area contributed by atoms with Crippen LogP contribution in [0.5, 0.6) is 0 Å². The molecule has 1 aliphatic heterocycles. The van der Waals surface area contributed by atoms with Crippen molar-refractivity contribution in [3.63, 3.8) is 0 Å². The molecule has 1 aromatic rings. The quantitative estimate of drug-likeness (QED) is 0.570. The summed E-state index contributed by atoms with van der Waals surface area (Å²) in [7, 11) is 0. The number of aromatic nitrogens is 1. The van der Waals surface area contributed by atoms with Crippen LogP contribution in [-0.4, -0.2) is 11.7 Å². The van der Waals surface area contributed by atoms with Gasteiger partial charge >= 0.3 is 0 Å². The van der Waals surface area contributed by atoms with Crippen molar-refractivity contribution in [1.82, 2.24) is 10.3 Å². The fourth-order valence-electron chi connectivity index (χ4n) is 1.86. The van der Waals surface area contributed by atoms with Crippen LogP contribution in [0.2, 0.25) is 0 Å². The van der Waals surface area contributed by atoms with Crippen molar-refractivity contribution in [3.8, 4) is 0 Å². The zero-order chi connectivity index (χ0) is 9.47. The average Bonchev–Trinajstić information content (AvgIpc) is 2.48. The summed E-state index contributed by atoms with van der Waals surface area (Å²) >= 11 is 0. The van der Waals surface area contributed by atoms with Gasteiger partial charge in [-0.05, 0) is 11.5 Å². The fraction of sp³-hybridized carbons (Fsp3) is 0.600. The van der Waals surface area contributed by atoms with Gasteiger partial charge in [-0.3, -0.25) is 5.32 Å². The molecule has 1 atom stereocenters. The van der Waals surface area contributed by atoms with Crippen LogP contribution in [0, 0.1) is 5.41 Å². The number of anilines is 1. The van der Waals surface area contributed by atoms with E-state index in [0.29, 0.717) is 6.04 Å². The third kappa shape index (κ3) is 1.44. The Morgan fingerprint density at radius 3 is 2.85 bits per heavy atom. The maximum atomic E-state index is 3.46. The number of aromatic amines is 1. The molecule has 2 heterocycles. The van der Waals surface area contributed by atoms with Crippen molar-refractivity contribution >= 4 is 5.69 Å². The summed E-state index contributed by atoms with van der Waals surface area (Å²) in [6.45, 7) is 7.61. The molecule has 0 amide bonds. The second-order valence-electron chi connectivity index (χ2n) is 4.66. The summed E-state index contributed by atoms with van der Waals surface area (Å²) in [4.78, 5) is 3.29. The monoisotopic (exact) mass is 179 g/mol. The molecular weight excluding hydrogens is 162 g/mol. The lowest BCUT2D eigenvalue weighted by Crippen LogP contribution is -2.39. The number of fused-ring (bicyclic) bond motifs is 1. The highest BCUT2D eigenvalue weighted by molar-refractivity contribution is 5.51. The van der Waals surface area contributed by atoms with E-state index in [1.54, 1.807) is 0 Å². The number of hydrogen-bond acceptors (Lipinski definition) is 2. The first kappa shape index (κ1) is 8.63. The molecule has 3 heteroatoms. The van der Waals surface area contributed by atoms with Crippen LogP contribution < -0.4 is 10.6 Å². The van der Waals surface area contributed by atoms with E-state index in [0.717, 1.165) is 6.67 Å². The normalized spacial score (nSPS) is 22.2. The van der Waals surface area contributed by atoms with Gasteiger partial charge < -0.3 is 10.3 Å². The molecule has 1 aromatic heterocycles. The third-order valence-electron chi connectivity index (χ3n) is 2.52. The Balaban J connectivity index is 2.35. The van der Waals surface area contributed by atoms with Crippen molar-refractivity contribution < 1.29 is 0 Å². The first-order valence-corrected chi connectivity index (χ1v) is 4.73. The summed E-state index contributed by atoms with van der Waals surface area (Å²) in [5.74, 6) is 0. The number of nitrogens with one attached hydrogen (secondary N) is 3. The minimum atomic E-state index is 0.252. The number of hydrogen-bond donors (Lipinski definition) is 3. The Hall–Kier alpha value is -0.960. The van der Waals surface area contributed by atoms with E-state index < -0.39 is 0 Å². The van der Waals surface area contributed by atoms with Gasteiger partial charge in [0.2, 0.25) is 0 Å². The zero-order valence-electron chi connectivity index (χ0n) is 8.44. The molecule has 0 spiro atoms. The molecule has 0 aromatic carbocycles. The maximum absolute atomic E-state index is 3.46. The Kier molecular flexibility index (Phi) is 1.84. The number of rotatable bonds is 0. The Morgan fingerprint density at radius 1 is 1.38 bits per heavy atom. The first-order valence-electron chi connectivity index (χ1n) is 4.73. The van der Waals surface area contributed by atoms with Gasteiger partial charge in [0.15, 0.2) is 0 Å².